The number of nitrogens with zero attached hydrogens (tertiary/aromatic N) is 1. The van der Waals surface area contributed by atoms with E-state index in [9.17, 15) is 0 Å². The van der Waals surface area contributed by atoms with Crippen molar-refractivity contribution < 1.29 is 14.0 Å². The van der Waals surface area contributed by atoms with E-state index in [1.165, 1.54) is 0 Å². The highest BCUT2D eigenvalue weighted by molar-refractivity contribution is 5.75. The predicted octanol–water partition coefficient (Wildman–Crippen LogP) is 3.06. The van der Waals surface area contributed by atoms with Crippen molar-refractivity contribution in [2.45, 2.75) is 19.8 Å². The van der Waals surface area contributed by atoms with Gasteiger partial charge in [-0.2, -0.15) is 0 Å². The summed E-state index contributed by atoms with van der Waals surface area (Å²) in [5.41, 5.74) is 8.13. The van der Waals surface area contributed by atoms with Gasteiger partial charge in [0, 0.05) is 11.6 Å². The fourth-order valence-corrected chi connectivity index (χ4v) is 2.17. The average Bonchev–Trinajstić information content (AvgIpc) is 2.83. The van der Waals surface area contributed by atoms with Crippen LogP contribution in [0.1, 0.15) is 25.3 Å². The number of rotatable bonds is 4. The van der Waals surface area contributed by atoms with Crippen LogP contribution in [0, 0.1) is 0 Å². The van der Waals surface area contributed by atoms with E-state index in [1.807, 2.05) is 12.1 Å². The van der Waals surface area contributed by atoms with E-state index < -0.39 is 0 Å². The van der Waals surface area contributed by atoms with Crippen LogP contribution in [0.3, 0.4) is 0 Å². The molecule has 0 spiro atoms. The van der Waals surface area contributed by atoms with Crippen LogP contribution in [0.25, 0.3) is 11.3 Å². The van der Waals surface area contributed by atoms with Gasteiger partial charge in [0.2, 0.25) is 5.88 Å². The number of benzene rings is 1. The summed E-state index contributed by atoms with van der Waals surface area (Å²) >= 11 is 0. The smallest absolute Gasteiger partial charge is 0.222 e. The van der Waals surface area contributed by atoms with Crippen LogP contribution in [0.5, 0.6) is 11.5 Å². The summed E-state index contributed by atoms with van der Waals surface area (Å²) < 4.78 is 15.8. The summed E-state index contributed by atoms with van der Waals surface area (Å²) in [6, 6.07) is 5.43. The molecule has 5 nitrogen and oxygen atoms in total. The Bertz CT molecular complexity index is 576. The van der Waals surface area contributed by atoms with Crippen molar-refractivity contribution in [3.05, 3.63) is 23.8 Å². The zero-order valence-corrected chi connectivity index (χ0v) is 11.6. The molecule has 0 amide bonds. The number of methoxy groups -OCH3 is 2. The van der Waals surface area contributed by atoms with E-state index in [0.29, 0.717) is 5.69 Å². The molecular formula is C14H18N2O3. The number of anilines is 1. The zero-order valence-electron chi connectivity index (χ0n) is 11.6. The van der Waals surface area contributed by atoms with Crippen molar-refractivity contribution in [1.29, 1.82) is 0 Å². The SMILES string of the molecule is COc1ccc(OC)c(C(C)C)c1-c1cc(N)on1. The van der Waals surface area contributed by atoms with Crippen LogP contribution in [0.2, 0.25) is 0 Å². The molecule has 19 heavy (non-hydrogen) atoms. The lowest BCUT2D eigenvalue weighted by molar-refractivity contribution is 0.397. The lowest BCUT2D eigenvalue weighted by Crippen LogP contribution is -2.00. The van der Waals surface area contributed by atoms with Gasteiger partial charge in [0.15, 0.2) is 0 Å². The third-order valence-corrected chi connectivity index (χ3v) is 2.97. The second-order valence-corrected chi connectivity index (χ2v) is 4.53. The number of hydrogen-bond acceptors (Lipinski definition) is 5. The fraction of sp³-hybridized carbons (Fsp3) is 0.357. The Morgan fingerprint density at radius 2 is 1.79 bits per heavy atom. The second-order valence-electron chi connectivity index (χ2n) is 4.53. The first-order valence-corrected chi connectivity index (χ1v) is 6.06. The van der Waals surface area contributed by atoms with Crippen LogP contribution in [0.4, 0.5) is 5.88 Å². The van der Waals surface area contributed by atoms with Gasteiger partial charge in [-0.05, 0) is 18.1 Å². The molecule has 1 aromatic heterocycles. The topological polar surface area (TPSA) is 70.5 Å². The summed E-state index contributed by atoms with van der Waals surface area (Å²) in [4.78, 5) is 0. The maximum absolute atomic E-state index is 5.60. The van der Waals surface area contributed by atoms with E-state index in [-0.39, 0.29) is 11.8 Å². The number of hydrogen-bond donors (Lipinski definition) is 1. The van der Waals surface area contributed by atoms with Crippen LogP contribution in [0.15, 0.2) is 22.7 Å². The molecule has 1 heterocycles. The van der Waals surface area contributed by atoms with Gasteiger partial charge in [-0.25, -0.2) is 0 Å². The van der Waals surface area contributed by atoms with Crippen molar-refractivity contribution in [3.8, 4) is 22.8 Å². The first-order valence-electron chi connectivity index (χ1n) is 6.06. The molecule has 0 aliphatic carbocycles. The van der Waals surface area contributed by atoms with Gasteiger partial charge in [-0.15, -0.1) is 0 Å². The number of nitrogen functional groups attached to an aromatic ring is 1. The summed E-state index contributed by atoms with van der Waals surface area (Å²) in [6.07, 6.45) is 0. The van der Waals surface area contributed by atoms with Gasteiger partial charge >= 0.3 is 0 Å². The number of ether oxygens (including phenoxy) is 2. The minimum atomic E-state index is 0.248. The van der Waals surface area contributed by atoms with E-state index in [1.54, 1.807) is 20.3 Å². The molecule has 0 fully saturated rings. The monoisotopic (exact) mass is 262 g/mol. The molecular weight excluding hydrogens is 244 g/mol. The van der Waals surface area contributed by atoms with Crippen molar-refractivity contribution >= 4 is 5.88 Å². The summed E-state index contributed by atoms with van der Waals surface area (Å²) in [5.74, 6) is 2.04. The molecule has 0 aliphatic heterocycles. The summed E-state index contributed by atoms with van der Waals surface area (Å²) in [7, 11) is 3.27. The summed E-state index contributed by atoms with van der Waals surface area (Å²) in [5, 5.41) is 3.98. The van der Waals surface area contributed by atoms with Gasteiger partial charge in [-0.1, -0.05) is 19.0 Å². The Hall–Kier alpha value is -2.17. The number of aromatic nitrogens is 1. The summed E-state index contributed by atoms with van der Waals surface area (Å²) in [6.45, 7) is 4.18. The van der Waals surface area contributed by atoms with Crippen molar-refractivity contribution in [3.63, 3.8) is 0 Å². The standard InChI is InChI=1S/C14H18N2O3/c1-8(2)13-10(17-3)5-6-11(18-4)14(13)9-7-12(15)19-16-9/h5-8H,15H2,1-4H3. The first kappa shape index (κ1) is 13.3. The Morgan fingerprint density at radius 3 is 2.26 bits per heavy atom. The molecule has 0 atom stereocenters. The molecule has 0 bridgehead atoms. The maximum Gasteiger partial charge on any atom is 0.222 e. The molecule has 102 valence electrons. The number of nitrogens with two attached hydrogens (primary N) is 1. The first-order chi connectivity index (χ1) is 9.08. The quantitative estimate of drug-likeness (QED) is 0.916. The second kappa shape index (κ2) is 5.22. The predicted molar refractivity (Wildman–Crippen MR) is 73.5 cm³/mol. The fourth-order valence-electron chi connectivity index (χ4n) is 2.17. The lowest BCUT2D eigenvalue weighted by Gasteiger charge is -2.18. The maximum atomic E-state index is 5.60. The molecule has 0 radical (unpaired) electrons. The Kier molecular flexibility index (Phi) is 3.64. The van der Waals surface area contributed by atoms with Gasteiger partial charge < -0.3 is 19.7 Å². The minimum Gasteiger partial charge on any atom is -0.496 e. The highest BCUT2D eigenvalue weighted by Gasteiger charge is 2.21. The highest BCUT2D eigenvalue weighted by Crippen LogP contribution is 2.42. The normalized spacial score (nSPS) is 10.8. The van der Waals surface area contributed by atoms with Gasteiger partial charge in [0.25, 0.3) is 0 Å². The highest BCUT2D eigenvalue weighted by atomic mass is 16.5. The molecule has 2 rings (SSSR count). The molecule has 0 saturated carbocycles. The van der Waals surface area contributed by atoms with Gasteiger partial charge in [-0.3, -0.25) is 0 Å². The lowest BCUT2D eigenvalue weighted by atomic mass is 9.93. The molecule has 2 N–H and O–H groups in total. The van der Waals surface area contributed by atoms with Gasteiger partial charge in [0.1, 0.15) is 17.2 Å². The third kappa shape index (κ3) is 2.36. The Morgan fingerprint density at radius 1 is 1.16 bits per heavy atom. The average molecular weight is 262 g/mol. The Balaban J connectivity index is 2.73. The van der Waals surface area contributed by atoms with E-state index >= 15 is 0 Å². The molecule has 0 saturated heterocycles. The minimum absolute atomic E-state index is 0.248. The van der Waals surface area contributed by atoms with Crippen LogP contribution in [-0.2, 0) is 0 Å². The third-order valence-electron chi connectivity index (χ3n) is 2.97. The van der Waals surface area contributed by atoms with Crippen LogP contribution < -0.4 is 15.2 Å². The van der Waals surface area contributed by atoms with E-state index in [0.717, 1.165) is 22.6 Å². The molecule has 0 aliphatic rings. The van der Waals surface area contributed by atoms with Crippen LogP contribution >= 0.6 is 0 Å². The largest absolute Gasteiger partial charge is 0.496 e. The van der Waals surface area contributed by atoms with Gasteiger partial charge in [0.05, 0.1) is 19.8 Å². The zero-order chi connectivity index (χ0) is 14.0. The molecule has 0 unspecified atom stereocenters. The van der Waals surface area contributed by atoms with Crippen LogP contribution in [-0.4, -0.2) is 19.4 Å². The van der Waals surface area contributed by atoms with Crippen molar-refractivity contribution in [2.24, 2.45) is 0 Å². The Labute approximate surface area is 112 Å². The molecule has 1 aromatic carbocycles. The van der Waals surface area contributed by atoms with Crippen molar-refractivity contribution in [1.82, 2.24) is 5.16 Å². The molecule has 5 heteroatoms. The molecule has 2 aromatic rings. The van der Waals surface area contributed by atoms with Crippen molar-refractivity contribution in [2.75, 3.05) is 20.0 Å². The van der Waals surface area contributed by atoms with E-state index in [4.69, 9.17) is 19.7 Å². The van der Waals surface area contributed by atoms with E-state index in [2.05, 4.69) is 19.0 Å².